The summed E-state index contributed by atoms with van der Waals surface area (Å²) in [6.07, 6.45) is 0.840. The molecule has 0 bridgehead atoms. The molecule has 0 aromatic heterocycles. The third-order valence-corrected chi connectivity index (χ3v) is 5.62. The second-order valence-electron chi connectivity index (χ2n) is 6.36. The molecule has 0 aliphatic heterocycles. The van der Waals surface area contributed by atoms with E-state index < -0.39 is 6.04 Å². The van der Waals surface area contributed by atoms with Crippen LogP contribution in [-0.4, -0.2) is 35.1 Å². The smallest absolute Gasteiger partial charge is 0.242 e. The standard InChI is InChI=1S/C21H24Cl2N2O2S/c1-3-11-24-21(27)15(2)25(13-16-5-4-6-18(23)12-16)20(26)14-28-19-9-7-17(22)8-10-19/h4-10,12,15H,3,11,13-14H2,1-2H3,(H,24,27). The molecule has 2 rings (SSSR count). The number of hydrogen-bond acceptors (Lipinski definition) is 3. The molecule has 1 N–H and O–H groups in total. The Bertz CT molecular complexity index is 799. The van der Waals surface area contributed by atoms with Crippen molar-refractivity contribution >= 4 is 46.8 Å². The van der Waals surface area contributed by atoms with Crippen molar-refractivity contribution in [1.82, 2.24) is 10.2 Å². The van der Waals surface area contributed by atoms with Crippen molar-refractivity contribution in [2.24, 2.45) is 0 Å². The van der Waals surface area contributed by atoms with Crippen molar-refractivity contribution in [2.45, 2.75) is 37.8 Å². The lowest BCUT2D eigenvalue weighted by Gasteiger charge is -2.28. The van der Waals surface area contributed by atoms with Crippen molar-refractivity contribution in [3.63, 3.8) is 0 Å². The number of nitrogens with zero attached hydrogens (tertiary/aromatic N) is 1. The second-order valence-corrected chi connectivity index (χ2v) is 8.28. The molecular weight excluding hydrogens is 415 g/mol. The number of thioether (sulfide) groups is 1. The summed E-state index contributed by atoms with van der Waals surface area (Å²) >= 11 is 13.4. The highest BCUT2D eigenvalue weighted by Gasteiger charge is 2.26. The first kappa shape index (κ1) is 22.6. The number of carbonyl (C=O) groups is 2. The topological polar surface area (TPSA) is 49.4 Å². The molecule has 1 unspecified atom stereocenters. The summed E-state index contributed by atoms with van der Waals surface area (Å²) in [6, 6.07) is 14.1. The van der Waals surface area contributed by atoms with Crippen molar-refractivity contribution in [3.8, 4) is 0 Å². The number of benzene rings is 2. The highest BCUT2D eigenvalue weighted by molar-refractivity contribution is 8.00. The summed E-state index contributed by atoms with van der Waals surface area (Å²) < 4.78 is 0. The van der Waals surface area contributed by atoms with Gasteiger partial charge in [0, 0.05) is 28.0 Å². The van der Waals surface area contributed by atoms with E-state index in [0.29, 0.717) is 23.1 Å². The van der Waals surface area contributed by atoms with E-state index in [0.717, 1.165) is 16.9 Å². The molecular formula is C21H24Cl2N2O2S. The number of amides is 2. The Labute approximate surface area is 180 Å². The van der Waals surface area contributed by atoms with Gasteiger partial charge in [0.15, 0.2) is 0 Å². The maximum atomic E-state index is 13.0. The van der Waals surface area contributed by atoms with Crippen LogP contribution in [0.4, 0.5) is 0 Å². The minimum absolute atomic E-state index is 0.112. The van der Waals surface area contributed by atoms with E-state index in [4.69, 9.17) is 23.2 Å². The van der Waals surface area contributed by atoms with Crippen LogP contribution in [0, 0.1) is 0 Å². The van der Waals surface area contributed by atoms with Gasteiger partial charge in [-0.2, -0.15) is 0 Å². The molecule has 2 aromatic carbocycles. The van der Waals surface area contributed by atoms with Crippen LogP contribution in [0.2, 0.25) is 10.0 Å². The third-order valence-electron chi connectivity index (χ3n) is 4.13. The molecule has 0 saturated heterocycles. The van der Waals surface area contributed by atoms with Crippen LogP contribution in [0.3, 0.4) is 0 Å². The predicted molar refractivity (Wildman–Crippen MR) is 117 cm³/mol. The molecule has 2 amide bonds. The van der Waals surface area contributed by atoms with Crippen molar-refractivity contribution in [3.05, 3.63) is 64.1 Å². The zero-order valence-electron chi connectivity index (χ0n) is 16.0. The first-order chi connectivity index (χ1) is 13.4. The van der Waals surface area contributed by atoms with Gasteiger partial charge in [-0.1, -0.05) is 42.3 Å². The number of hydrogen-bond donors (Lipinski definition) is 1. The summed E-state index contributed by atoms with van der Waals surface area (Å²) in [6.45, 7) is 4.65. The minimum atomic E-state index is -0.580. The van der Waals surface area contributed by atoms with Gasteiger partial charge in [-0.05, 0) is 55.3 Å². The van der Waals surface area contributed by atoms with E-state index in [2.05, 4.69) is 5.32 Å². The molecule has 0 spiro atoms. The molecule has 0 radical (unpaired) electrons. The highest BCUT2D eigenvalue weighted by Crippen LogP contribution is 2.22. The fourth-order valence-corrected chi connectivity index (χ4v) is 3.69. The Morgan fingerprint density at radius 1 is 1.11 bits per heavy atom. The average Bonchev–Trinajstić information content (AvgIpc) is 2.69. The molecule has 1 atom stereocenters. The van der Waals surface area contributed by atoms with Crippen LogP contribution in [0.1, 0.15) is 25.8 Å². The first-order valence-electron chi connectivity index (χ1n) is 9.10. The van der Waals surface area contributed by atoms with Crippen LogP contribution in [0.5, 0.6) is 0 Å². The summed E-state index contributed by atoms with van der Waals surface area (Å²) in [5.41, 5.74) is 0.882. The van der Waals surface area contributed by atoms with Gasteiger partial charge in [-0.15, -0.1) is 11.8 Å². The molecule has 0 aliphatic carbocycles. The summed E-state index contributed by atoms with van der Waals surface area (Å²) in [7, 11) is 0. The molecule has 0 aliphatic rings. The van der Waals surface area contributed by atoms with Gasteiger partial charge in [-0.3, -0.25) is 9.59 Å². The quantitative estimate of drug-likeness (QED) is 0.558. The number of carbonyl (C=O) groups excluding carboxylic acids is 2. The van der Waals surface area contributed by atoms with Crippen LogP contribution in [-0.2, 0) is 16.1 Å². The lowest BCUT2D eigenvalue weighted by Crippen LogP contribution is -2.48. The van der Waals surface area contributed by atoms with Gasteiger partial charge < -0.3 is 10.2 Å². The lowest BCUT2D eigenvalue weighted by molar-refractivity contribution is -0.138. The van der Waals surface area contributed by atoms with Crippen LogP contribution < -0.4 is 5.32 Å². The van der Waals surface area contributed by atoms with Gasteiger partial charge in [0.2, 0.25) is 11.8 Å². The van der Waals surface area contributed by atoms with Gasteiger partial charge in [0.1, 0.15) is 6.04 Å². The number of rotatable bonds is 9. The SMILES string of the molecule is CCCNC(=O)C(C)N(Cc1cccc(Cl)c1)C(=O)CSc1ccc(Cl)cc1. The first-order valence-corrected chi connectivity index (χ1v) is 10.8. The monoisotopic (exact) mass is 438 g/mol. The molecule has 4 nitrogen and oxygen atoms in total. The Kier molecular flexibility index (Phi) is 9.16. The fraction of sp³-hybridized carbons (Fsp3) is 0.333. The second kappa shape index (κ2) is 11.3. The lowest BCUT2D eigenvalue weighted by atomic mass is 10.1. The molecule has 7 heteroatoms. The van der Waals surface area contributed by atoms with Gasteiger partial charge in [0.05, 0.1) is 5.75 Å². The van der Waals surface area contributed by atoms with E-state index in [9.17, 15) is 9.59 Å². The number of halogens is 2. The Balaban J connectivity index is 2.12. The molecule has 2 aromatic rings. The molecule has 0 saturated carbocycles. The van der Waals surface area contributed by atoms with Crippen LogP contribution >= 0.6 is 35.0 Å². The highest BCUT2D eigenvalue weighted by atomic mass is 35.5. The molecule has 150 valence electrons. The largest absolute Gasteiger partial charge is 0.354 e. The van der Waals surface area contributed by atoms with Crippen LogP contribution in [0.15, 0.2) is 53.4 Å². The Morgan fingerprint density at radius 3 is 2.46 bits per heavy atom. The zero-order valence-corrected chi connectivity index (χ0v) is 18.3. The van der Waals surface area contributed by atoms with E-state index in [1.165, 1.54) is 11.8 Å². The van der Waals surface area contributed by atoms with Crippen molar-refractivity contribution < 1.29 is 9.59 Å². The van der Waals surface area contributed by atoms with Crippen molar-refractivity contribution in [1.29, 1.82) is 0 Å². The van der Waals surface area contributed by atoms with Gasteiger partial charge in [0.25, 0.3) is 0 Å². The molecule has 0 fully saturated rings. The molecule has 28 heavy (non-hydrogen) atoms. The van der Waals surface area contributed by atoms with E-state index >= 15 is 0 Å². The molecule has 0 heterocycles. The maximum Gasteiger partial charge on any atom is 0.242 e. The van der Waals surface area contributed by atoms with E-state index in [1.54, 1.807) is 30.0 Å². The van der Waals surface area contributed by atoms with E-state index in [1.807, 2.05) is 37.3 Å². The predicted octanol–water partition coefficient (Wildman–Crippen LogP) is 5.03. The van der Waals surface area contributed by atoms with Crippen LogP contribution in [0.25, 0.3) is 0 Å². The Hall–Kier alpha value is -1.69. The summed E-state index contributed by atoms with van der Waals surface area (Å²) in [5, 5.41) is 4.12. The van der Waals surface area contributed by atoms with E-state index in [-0.39, 0.29) is 17.6 Å². The van der Waals surface area contributed by atoms with Gasteiger partial charge in [-0.25, -0.2) is 0 Å². The minimum Gasteiger partial charge on any atom is -0.354 e. The number of nitrogens with one attached hydrogen (secondary N) is 1. The average molecular weight is 439 g/mol. The third kappa shape index (κ3) is 7.04. The summed E-state index contributed by atoms with van der Waals surface area (Å²) in [5.74, 6) is -0.0408. The Morgan fingerprint density at radius 2 is 1.82 bits per heavy atom. The van der Waals surface area contributed by atoms with Gasteiger partial charge >= 0.3 is 0 Å². The normalized spacial score (nSPS) is 11.7. The van der Waals surface area contributed by atoms with Crippen molar-refractivity contribution in [2.75, 3.05) is 12.3 Å². The maximum absolute atomic E-state index is 13.0. The zero-order chi connectivity index (χ0) is 20.5. The fourth-order valence-electron chi connectivity index (χ4n) is 2.57. The summed E-state index contributed by atoms with van der Waals surface area (Å²) in [4.78, 5) is 28.0.